The topological polar surface area (TPSA) is 49.8 Å². The van der Waals surface area contributed by atoms with E-state index >= 15 is 0 Å². The van der Waals surface area contributed by atoms with Gasteiger partial charge in [0.25, 0.3) is 0 Å². The van der Waals surface area contributed by atoms with Crippen LogP contribution in [-0.2, 0) is 0 Å². The first-order chi connectivity index (χ1) is 9.61. The van der Waals surface area contributed by atoms with Gasteiger partial charge in [0.2, 0.25) is 5.95 Å². The van der Waals surface area contributed by atoms with Crippen molar-refractivity contribution in [2.45, 2.75) is 13.3 Å². The number of anilines is 3. The van der Waals surface area contributed by atoms with Gasteiger partial charge in [-0.15, -0.1) is 0 Å². The Morgan fingerprint density at radius 2 is 2.20 bits per heavy atom. The van der Waals surface area contributed by atoms with Crippen LogP contribution < -0.4 is 10.6 Å². The van der Waals surface area contributed by atoms with Gasteiger partial charge in [0.05, 0.1) is 15.2 Å². The predicted molar refractivity (Wildman–Crippen MR) is 83.2 cm³/mol. The van der Waals surface area contributed by atoms with Crippen molar-refractivity contribution < 1.29 is 4.39 Å². The molecule has 7 heteroatoms. The van der Waals surface area contributed by atoms with E-state index in [4.69, 9.17) is 11.6 Å². The fraction of sp³-hybridized carbons (Fsp3) is 0.231. The van der Waals surface area contributed by atoms with E-state index in [-0.39, 0.29) is 10.7 Å². The molecule has 0 aliphatic carbocycles. The lowest BCUT2D eigenvalue weighted by Gasteiger charge is -2.11. The molecule has 1 heterocycles. The number of nitrogens with one attached hydrogen (secondary N) is 2. The zero-order valence-electron chi connectivity index (χ0n) is 10.8. The molecule has 1 aromatic carbocycles. The minimum Gasteiger partial charge on any atom is -0.354 e. The molecule has 1 aromatic heterocycles. The highest BCUT2D eigenvalue weighted by atomic mass is 79.9. The van der Waals surface area contributed by atoms with Crippen molar-refractivity contribution in [1.29, 1.82) is 0 Å². The van der Waals surface area contributed by atoms with Crippen molar-refractivity contribution in [3.05, 3.63) is 39.7 Å². The van der Waals surface area contributed by atoms with Crippen LogP contribution in [-0.4, -0.2) is 16.5 Å². The maximum Gasteiger partial charge on any atom is 0.224 e. The fourth-order valence-electron chi connectivity index (χ4n) is 1.50. The lowest BCUT2D eigenvalue weighted by atomic mass is 10.3. The minimum atomic E-state index is -0.511. The highest BCUT2D eigenvalue weighted by Crippen LogP contribution is 2.28. The second-order valence-corrected chi connectivity index (χ2v) is 5.30. The Morgan fingerprint density at radius 3 is 2.95 bits per heavy atom. The summed E-state index contributed by atoms with van der Waals surface area (Å²) in [4.78, 5) is 8.42. The van der Waals surface area contributed by atoms with Crippen LogP contribution in [0.4, 0.5) is 21.8 Å². The molecule has 0 atom stereocenters. The van der Waals surface area contributed by atoms with Gasteiger partial charge in [-0.1, -0.05) is 24.6 Å². The van der Waals surface area contributed by atoms with E-state index in [2.05, 4.69) is 36.5 Å². The van der Waals surface area contributed by atoms with Gasteiger partial charge in [-0.05, 0) is 34.5 Å². The summed E-state index contributed by atoms with van der Waals surface area (Å²) >= 11 is 9.08. The lowest BCUT2D eigenvalue weighted by Crippen LogP contribution is -2.06. The summed E-state index contributed by atoms with van der Waals surface area (Å²) in [6, 6.07) is 4.75. The molecule has 0 saturated heterocycles. The quantitative estimate of drug-likeness (QED) is 0.819. The first kappa shape index (κ1) is 15.0. The van der Waals surface area contributed by atoms with Crippen LogP contribution in [0.5, 0.6) is 0 Å². The summed E-state index contributed by atoms with van der Waals surface area (Å²) < 4.78 is 14.5. The van der Waals surface area contributed by atoms with Gasteiger partial charge in [0, 0.05) is 12.7 Å². The maximum absolute atomic E-state index is 13.9. The first-order valence-electron chi connectivity index (χ1n) is 6.09. The SMILES string of the molecule is CCCNc1ncc(Br)c(Nc2cccc(Cl)c2F)n1. The number of hydrogen-bond acceptors (Lipinski definition) is 4. The first-order valence-corrected chi connectivity index (χ1v) is 7.26. The number of aromatic nitrogens is 2. The van der Waals surface area contributed by atoms with E-state index in [0.717, 1.165) is 13.0 Å². The molecule has 4 nitrogen and oxygen atoms in total. The van der Waals surface area contributed by atoms with E-state index in [0.29, 0.717) is 16.2 Å². The van der Waals surface area contributed by atoms with Crippen molar-refractivity contribution in [3.63, 3.8) is 0 Å². The van der Waals surface area contributed by atoms with Gasteiger partial charge in [-0.25, -0.2) is 9.37 Å². The second-order valence-electron chi connectivity index (χ2n) is 4.04. The molecule has 0 saturated carbocycles. The molecule has 0 bridgehead atoms. The van der Waals surface area contributed by atoms with Crippen molar-refractivity contribution >= 4 is 45.0 Å². The molecule has 20 heavy (non-hydrogen) atoms. The van der Waals surface area contributed by atoms with Gasteiger partial charge in [0.15, 0.2) is 5.82 Å². The zero-order chi connectivity index (χ0) is 14.5. The molecule has 0 aliphatic rings. The third-order valence-corrected chi connectivity index (χ3v) is 3.35. The summed E-state index contributed by atoms with van der Waals surface area (Å²) in [6.07, 6.45) is 2.57. The Labute approximate surface area is 129 Å². The normalized spacial score (nSPS) is 10.4. The molecule has 2 aromatic rings. The van der Waals surface area contributed by atoms with Crippen molar-refractivity contribution in [1.82, 2.24) is 9.97 Å². The van der Waals surface area contributed by atoms with Crippen molar-refractivity contribution in [3.8, 4) is 0 Å². The molecule has 0 amide bonds. The number of benzene rings is 1. The Hall–Kier alpha value is -1.40. The van der Waals surface area contributed by atoms with Gasteiger partial charge in [-0.3, -0.25) is 0 Å². The summed E-state index contributed by atoms with van der Waals surface area (Å²) in [5.74, 6) is 0.447. The third kappa shape index (κ3) is 3.58. The summed E-state index contributed by atoms with van der Waals surface area (Å²) in [6.45, 7) is 2.82. The lowest BCUT2D eigenvalue weighted by molar-refractivity contribution is 0.632. The van der Waals surface area contributed by atoms with Crippen molar-refractivity contribution in [2.75, 3.05) is 17.2 Å². The Morgan fingerprint density at radius 1 is 1.40 bits per heavy atom. The molecule has 0 radical (unpaired) electrons. The van der Waals surface area contributed by atoms with Crippen molar-refractivity contribution in [2.24, 2.45) is 0 Å². The smallest absolute Gasteiger partial charge is 0.224 e. The largest absolute Gasteiger partial charge is 0.354 e. The molecule has 0 unspecified atom stereocenters. The van der Waals surface area contributed by atoms with Crippen LogP contribution in [0.2, 0.25) is 5.02 Å². The molecular formula is C13H13BrClFN4. The Bertz CT molecular complexity index is 609. The highest BCUT2D eigenvalue weighted by molar-refractivity contribution is 9.10. The standard InChI is InChI=1S/C13H13BrClFN4/c1-2-6-17-13-18-7-8(14)12(20-13)19-10-5-3-4-9(15)11(10)16/h3-5,7H,2,6H2,1H3,(H2,17,18,19,20). The summed E-state index contributed by atoms with van der Waals surface area (Å²) in [5, 5.41) is 6.03. The second kappa shape index (κ2) is 6.85. The van der Waals surface area contributed by atoms with E-state index in [9.17, 15) is 4.39 Å². The molecule has 2 rings (SSSR count). The zero-order valence-corrected chi connectivity index (χ0v) is 13.1. The summed E-state index contributed by atoms with van der Waals surface area (Å²) in [7, 11) is 0. The van der Waals surface area contributed by atoms with E-state index in [1.165, 1.54) is 6.07 Å². The predicted octanol–water partition coefficient (Wildman–Crippen LogP) is 4.60. The molecule has 0 spiro atoms. The number of halogens is 3. The van der Waals surface area contributed by atoms with Crippen LogP contribution in [0.25, 0.3) is 0 Å². The van der Waals surface area contributed by atoms with E-state index < -0.39 is 5.82 Å². The van der Waals surface area contributed by atoms with Gasteiger partial charge >= 0.3 is 0 Å². The average Bonchev–Trinajstić information content (AvgIpc) is 2.44. The van der Waals surface area contributed by atoms with E-state index in [1.54, 1.807) is 18.3 Å². The van der Waals surface area contributed by atoms with Crippen LogP contribution in [0, 0.1) is 5.82 Å². The Kier molecular flexibility index (Phi) is 5.14. The van der Waals surface area contributed by atoms with E-state index in [1.807, 2.05) is 6.92 Å². The van der Waals surface area contributed by atoms with Crippen LogP contribution >= 0.6 is 27.5 Å². The summed E-state index contributed by atoms with van der Waals surface area (Å²) in [5.41, 5.74) is 0.262. The van der Waals surface area contributed by atoms with Gasteiger partial charge in [-0.2, -0.15) is 4.98 Å². The fourth-order valence-corrected chi connectivity index (χ4v) is 1.97. The highest BCUT2D eigenvalue weighted by Gasteiger charge is 2.10. The molecule has 2 N–H and O–H groups in total. The molecule has 106 valence electrons. The van der Waals surface area contributed by atoms with Gasteiger partial charge in [0.1, 0.15) is 5.82 Å². The molecular weight excluding hydrogens is 347 g/mol. The van der Waals surface area contributed by atoms with Gasteiger partial charge < -0.3 is 10.6 Å². The third-order valence-electron chi connectivity index (χ3n) is 2.48. The number of rotatable bonds is 5. The van der Waals surface area contributed by atoms with Crippen LogP contribution in [0.3, 0.4) is 0 Å². The number of nitrogens with zero attached hydrogens (tertiary/aromatic N) is 2. The monoisotopic (exact) mass is 358 g/mol. The van der Waals surface area contributed by atoms with Crippen LogP contribution in [0.15, 0.2) is 28.9 Å². The van der Waals surface area contributed by atoms with Crippen LogP contribution in [0.1, 0.15) is 13.3 Å². The molecule has 0 fully saturated rings. The molecule has 0 aliphatic heterocycles. The Balaban J connectivity index is 2.26. The number of hydrogen-bond donors (Lipinski definition) is 2. The maximum atomic E-state index is 13.9. The average molecular weight is 360 g/mol. The minimum absolute atomic E-state index is 0.0597.